The van der Waals surface area contributed by atoms with Gasteiger partial charge in [0.15, 0.2) is 6.61 Å². The van der Waals surface area contributed by atoms with Gasteiger partial charge in [-0.15, -0.1) is 0 Å². The summed E-state index contributed by atoms with van der Waals surface area (Å²) in [5.74, 6) is -0.579. The van der Waals surface area contributed by atoms with Crippen molar-refractivity contribution in [1.29, 1.82) is 0 Å². The number of unbranched alkanes of at least 4 members (excludes halogenated alkanes) is 1. The molecule has 150 valence electrons. The van der Waals surface area contributed by atoms with Crippen molar-refractivity contribution < 1.29 is 19.1 Å². The van der Waals surface area contributed by atoms with Crippen molar-refractivity contribution in [3.05, 3.63) is 28.3 Å². The van der Waals surface area contributed by atoms with Gasteiger partial charge in [-0.2, -0.15) is 0 Å². The fraction of sp³-hybridized carbons (Fsp3) is 0.450. The van der Waals surface area contributed by atoms with E-state index in [2.05, 4.69) is 5.32 Å². The van der Waals surface area contributed by atoms with Crippen molar-refractivity contribution >= 4 is 40.7 Å². The second-order valence-electron chi connectivity index (χ2n) is 6.97. The van der Waals surface area contributed by atoms with Gasteiger partial charge in [-0.25, -0.2) is 0 Å². The van der Waals surface area contributed by atoms with Gasteiger partial charge in [0.25, 0.3) is 11.8 Å². The second kappa shape index (κ2) is 8.65. The lowest BCUT2D eigenvalue weighted by Crippen LogP contribution is -2.39. The number of nitrogens with zero attached hydrogens (tertiary/aromatic N) is 1. The molecule has 2 aliphatic rings. The van der Waals surface area contributed by atoms with Crippen LogP contribution < -0.4 is 20.7 Å². The summed E-state index contributed by atoms with van der Waals surface area (Å²) in [7, 11) is 0. The normalized spacial score (nSPS) is 16.5. The number of anilines is 2. The van der Waals surface area contributed by atoms with Gasteiger partial charge in [-0.3, -0.25) is 14.4 Å². The lowest BCUT2D eigenvalue weighted by molar-refractivity contribution is -0.121. The lowest BCUT2D eigenvalue weighted by atomic mass is 9.90. The van der Waals surface area contributed by atoms with Crippen molar-refractivity contribution in [2.24, 2.45) is 5.73 Å². The van der Waals surface area contributed by atoms with Crippen LogP contribution in [0.5, 0.6) is 5.75 Å². The number of carbonyl (C=O) groups is 3. The molecule has 1 aromatic carbocycles. The number of fused-ring (bicyclic) bond motifs is 1. The highest BCUT2D eigenvalue weighted by Crippen LogP contribution is 2.39. The third-order valence-electron chi connectivity index (χ3n) is 5.01. The Bertz CT molecular complexity index is 850. The van der Waals surface area contributed by atoms with Gasteiger partial charge in [0.2, 0.25) is 5.91 Å². The van der Waals surface area contributed by atoms with E-state index in [1.165, 1.54) is 0 Å². The van der Waals surface area contributed by atoms with Crippen LogP contribution in [0.25, 0.3) is 0 Å². The van der Waals surface area contributed by atoms with E-state index in [1.54, 1.807) is 17.0 Å². The molecular formula is C20H24ClN3O4. The third kappa shape index (κ3) is 4.14. The molecule has 0 unspecified atom stereocenters. The largest absolute Gasteiger partial charge is 0.482 e. The number of hydrogen-bond donors (Lipinski definition) is 2. The van der Waals surface area contributed by atoms with Crippen molar-refractivity contribution in [2.75, 3.05) is 23.4 Å². The molecule has 0 spiro atoms. The summed E-state index contributed by atoms with van der Waals surface area (Å²) in [6.07, 6.45) is 4.46. The number of carbonyl (C=O) groups excluding carboxylic acids is 3. The monoisotopic (exact) mass is 405 g/mol. The second-order valence-corrected chi connectivity index (χ2v) is 7.38. The number of nitrogens with two attached hydrogens (primary N) is 1. The molecule has 0 bridgehead atoms. The van der Waals surface area contributed by atoms with Gasteiger partial charge in [0, 0.05) is 23.8 Å². The van der Waals surface area contributed by atoms with E-state index in [9.17, 15) is 14.4 Å². The maximum Gasteiger partial charge on any atom is 0.265 e. The molecule has 1 aliphatic heterocycles. The minimum atomic E-state index is -0.564. The maximum absolute atomic E-state index is 12.8. The highest BCUT2D eigenvalue weighted by Gasteiger charge is 2.28. The zero-order chi connectivity index (χ0) is 20.3. The van der Waals surface area contributed by atoms with Crippen LogP contribution in [0.3, 0.4) is 0 Å². The van der Waals surface area contributed by atoms with E-state index in [4.69, 9.17) is 22.1 Å². The fourth-order valence-electron chi connectivity index (χ4n) is 3.50. The SMILES string of the molecule is CCCCN1C(=O)COc2cc(Cl)c(NC(=O)C3=C(C(N)=O)CCCC3)cc21. The zero-order valence-electron chi connectivity index (χ0n) is 15.8. The number of amides is 3. The molecule has 3 amide bonds. The van der Waals surface area contributed by atoms with E-state index in [-0.39, 0.29) is 12.5 Å². The van der Waals surface area contributed by atoms with Crippen molar-refractivity contribution in [1.82, 2.24) is 0 Å². The summed E-state index contributed by atoms with van der Waals surface area (Å²) < 4.78 is 5.49. The topological polar surface area (TPSA) is 102 Å². The van der Waals surface area contributed by atoms with E-state index >= 15 is 0 Å². The molecule has 7 nitrogen and oxygen atoms in total. The highest BCUT2D eigenvalue weighted by molar-refractivity contribution is 6.34. The third-order valence-corrected chi connectivity index (χ3v) is 5.33. The molecular weight excluding hydrogens is 382 g/mol. The summed E-state index contributed by atoms with van der Waals surface area (Å²) >= 11 is 6.33. The average molecular weight is 406 g/mol. The van der Waals surface area contributed by atoms with Crippen LogP contribution in [0.2, 0.25) is 5.02 Å². The predicted molar refractivity (Wildman–Crippen MR) is 108 cm³/mol. The summed E-state index contributed by atoms with van der Waals surface area (Å²) in [5, 5.41) is 3.08. The number of nitrogens with one attached hydrogen (secondary N) is 1. The summed E-state index contributed by atoms with van der Waals surface area (Å²) in [6, 6.07) is 3.25. The van der Waals surface area contributed by atoms with Gasteiger partial charge < -0.3 is 20.7 Å². The van der Waals surface area contributed by atoms with E-state index in [0.29, 0.717) is 52.7 Å². The number of ether oxygens (including phenoxy) is 1. The Morgan fingerprint density at radius 2 is 1.96 bits per heavy atom. The van der Waals surface area contributed by atoms with E-state index in [0.717, 1.165) is 25.7 Å². The lowest BCUT2D eigenvalue weighted by Gasteiger charge is -2.30. The van der Waals surface area contributed by atoms with Gasteiger partial charge in [-0.1, -0.05) is 24.9 Å². The molecule has 0 fully saturated rings. The quantitative estimate of drug-likeness (QED) is 0.758. The van der Waals surface area contributed by atoms with Crippen molar-refractivity contribution in [3.63, 3.8) is 0 Å². The molecule has 0 radical (unpaired) electrons. The van der Waals surface area contributed by atoms with E-state index < -0.39 is 11.8 Å². The minimum Gasteiger partial charge on any atom is -0.482 e. The van der Waals surface area contributed by atoms with Crippen LogP contribution in [0, 0.1) is 0 Å². The van der Waals surface area contributed by atoms with E-state index in [1.807, 2.05) is 6.92 Å². The number of hydrogen-bond acceptors (Lipinski definition) is 4. The van der Waals surface area contributed by atoms with Crippen LogP contribution in [-0.2, 0) is 14.4 Å². The van der Waals surface area contributed by atoms with Gasteiger partial charge in [0.1, 0.15) is 5.75 Å². The Morgan fingerprint density at radius 1 is 1.25 bits per heavy atom. The van der Waals surface area contributed by atoms with Crippen molar-refractivity contribution in [2.45, 2.75) is 45.4 Å². The number of halogens is 1. The first kappa shape index (κ1) is 20.2. The Hall–Kier alpha value is -2.54. The van der Waals surface area contributed by atoms with Gasteiger partial charge in [0.05, 0.1) is 16.4 Å². The van der Waals surface area contributed by atoms with Crippen LogP contribution >= 0.6 is 11.6 Å². The molecule has 0 saturated heterocycles. The molecule has 0 saturated carbocycles. The molecule has 0 aromatic heterocycles. The minimum absolute atomic E-state index is 0.0341. The van der Waals surface area contributed by atoms with Crippen LogP contribution in [0.15, 0.2) is 23.3 Å². The highest BCUT2D eigenvalue weighted by atomic mass is 35.5. The molecule has 1 aliphatic carbocycles. The molecule has 1 heterocycles. The first-order chi connectivity index (χ1) is 13.4. The summed E-state index contributed by atoms with van der Waals surface area (Å²) in [6.45, 7) is 2.58. The van der Waals surface area contributed by atoms with Crippen LogP contribution in [-0.4, -0.2) is 30.9 Å². The number of primary amides is 1. The van der Waals surface area contributed by atoms with Crippen LogP contribution in [0.4, 0.5) is 11.4 Å². The molecule has 3 N–H and O–H groups in total. The van der Waals surface area contributed by atoms with Crippen molar-refractivity contribution in [3.8, 4) is 5.75 Å². The Labute approximate surface area is 168 Å². The Morgan fingerprint density at radius 3 is 2.64 bits per heavy atom. The average Bonchev–Trinajstić information content (AvgIpc) is 2.68. The van der Waals surface area contributed by atoms with Gasteiger partial charge >= 0.3 is 0 Å². The maximum atomic E-state index is 12.8. The Balaban J connectivity index is 1.91. The first-order valence-corrected chi connectivity index (χ1v) is 9.90. The van der Waals surface area contributed by atoms with Crippen LogP contribution in [0.1, 0.15) is 45.4 Å². The number of rotatable bonds is 6. The summed E-state index contributed by atoms with van der Waals surface area (Å²) in [5.41, 5.74) is 7.16. The number of benzene rings is 1. The molecule has 3 rings (SSSR count). The zero-order valence-corrected chi connectivity index (χ0v) is 16.6. The fourth-order valence-corrected chi connectivity index (χ4v) is 3.71. The Kier molecular flexibility index (Phi) is 6.24. The predicted octanol–water partition coefficient (Wildman–Crippen LogP) is 3.16. The summed E-state index contributed by atoms with van der Waals surface area (Å²) in [4.78, 5) is 38.4. The van der Waals surface area contributed by atoms with Gasteiger partial charge in [-0.05, 0) is 38.2 Å². The standard InChI is InChI=1S/C20H24ClN3O4/c1-2-3-8-24-16-10-15(14(21)9-17(16)28-11-18(24)25)23-20(27)13-7-5-4-6-12(13)19(22)26/h9-10H,2-8,11H2,1H3,(H2,22,26)(H,23,27). The molecule has 8 heteroatoms. The smallest absolute Gasteiger partial charge is 0.265 e. The first-order valence-electron chi connectivity index (χ1n) is 9.52. The molecule has 1 aromatic rings. The molecule has 0 atom stereocenters. The molecule has 28 heavy (non-hydrogen) atoms.